The third-order valence-corrected chi connectivity index (χ3v) is 6.20. The fourth-order valence-corrected chi connectivity index (χ4v) is 4.68. The van der Waals surface area contributed by atoms with Crippen molar-refractivity contribution in [3.8, 4) is 21.1 Å². The summed E-state index contributed by atoms with van der Waals surface area (Å²) in [6.07, 6.45) is 0.202. The van der Waals surface area contributed by atoms with Crippen LogP contribution < -0.4 is 5.32 Å². The molecule has 0 atom stereocenters. The van der Waals surface area contributed by atoms with Gasteiger partial charge in [-0.25, -0.2) is 14.4 Å². The van der Waals surface area contributed by atoms with Crippen LogP contribution in [0.4, 0.5) is 9.52 Å². The molecule has 0 fully saturated rings. The van der Waals surface area contributed by atoms with Crippen molar-refractivity contribution in [1.82, 2.24) is 9.97 Å². The second-order valence-corrected chi connectivity index (χ2v) is 8.05. The van der Waals surface area contributed by atoms with Crippen molar-refractivity contribution in [2.24, 2.45) is 0 Å². The van der Waals surface area contributed by atoms with Crippen molar-refractivity contribution in [1.29, 1.82) is 0 Å². The number of nitrogens with zero attached hydrogens (tertiary/aromatic N) is 2. The first-order valence-electron chi connectivity index (χ1n) is 7.67. The van der Waals surface area contributed by atoms with E-state index in [9.17, 15) is 9.18 Å². The molecule has 8 heteroatoms. The van der Waals surface area contributed by atoms with Crippen LogP contribution in [0.1, 0.15) is 5.69 Å². The molecule has 4 aromatic rings. The van der Waals surface area contributed by atoms with Crippen LogP contribution in [0.15, 0.2) is 52.5 Å². The van der Waals surface area contributed by atoms with Crippen molar-refractivity contribution in [3.05, 3.63) is 64.0 Å². The second-order valence-electron chi connectivity index (χ2n) is 5.39. The van der Waals surface area contributed by atoms with E-state index < -0.39 is 0 Å². The molecule has 0 aliphatic carbocycles. The minimum atomic E-state index is -0.289. The Morgan fingerprint density at radius 3 is 2.65 bits per heavy atom. The zero-order valence-corrected chi connectivity index (χ0v) is 15.8. The van der Waals surface area contributed by atoms with Gasteiger partial charge in [-0.1, -0.05) is 6.07 Å². The summed E-state index contributed by atoms with van der Waals surface area (Å²) in [6, 6.07) is 10.1. The minimum Gasteiger partial charge on any atom is -0.302 e. The Kier molecular flexibility index (Phi) is 4.87. The van der Waals surface area contributed by atoms with Crippen molar-refractivity contribution >= 4 is 45.0 Å². The van der Waals surface area contributed by atoms with E-state index in [0.717, 1.165) is 21.1 Å². The van der Waals surface area contributed by atoms with Gasteiger partial charge in [0.2, 0.25) is 5.91 Å². The number of carbonyl (C=O) groups excluding carboxylic acids is 1. The van der Waals surface area contributed by atoms with Crippen LogP contribution in [0.2, 0.25) is 0 Å². The van der Waals surface area contributed by atoms with E-state index in [1.54, 1.807) is 23.5 Å². The van der Waals surface area contributed by atoms with Crippen molar-refractivity contribution in [2.45, 2.75) is 6.42 Å². The summed E-state index contributed by atoms with van der Waals surface area (Å²) < 4.78 is 13.0. The summed E-state index contributed by atoms with van der Waals surface area (Å²) in [5, 5.41) is 9.98. The number of rotatable bonds is 5. The van der Waals surface area contributed by atoms with E-state index in [1.807, 2.05) is 28.3 Å². The SMILES string of the molecule is O=C(Cc1csc(-c2cccs2)n1)Nc1nc(-c2ccc(F)cc2)cs1. The fraction of sp³-hybridized carbons (Fsp3) is 0.0556. The molecular formula is C18H12FN3OS3. The van der Waals surface area contributed by atoms with Gasteiger partial charge in [0.05, 0.1) is 22.7 Å². The Hall–Kier alpha value is -2.42. The molecule has 0 saturated carbocycles. The van der Waals surface area contributed by atoms with Crippen LogP contribution >= 0.6 is 34.0 Å². The van der Waals surface area contributed by atoms with E-state index in [0.29, 0.717) is 10.8 Å². The van der Waals surface area contributed by atoms with Gasteiger partial charge in [0, 0.05) is 16.3 Å². The molecule has 0 saturated heterocycles. The molecule has 0 aliphatic heterocycles. The number of benzene rings is 1. The third-order valence-electron chi connectivity index (χ3n) is 3.52. The van der Waals surface area contributed by atoms with Gasteiger partial charge in [-0.2, -0.15) is 0 Å². The normalized spacial score (nSPS) is 10.8. The van der Waals surface area contributed by atoms with Crippen molar-refractivity contribution in [2.75, 3.05) is 5.32 Å². The summed E-state index contributed by atoms with van der Waals surface area (Å²) in [5.41, 5.74) is 2.26. The third kappa shape index (κ3) is 3.87. The summed E-state index contributed by atoms with van der Waals surface area (Å²) in [4.78, 5) is 22.2. The number of nitrogens with one attached hydrogen (secondary N) is 1. The van der Waals surface area contributed by atoms with Gasteiger partial charge >= 0.3 is 0 Å². The molecule has 4 nitrogen and oxygen atoms in total. The molecule has 0 bridgehead atoms. The van der Waals surface area contributed by atoms with Crippen LogP contribution in [0.3, 0.4) is 0 Å². The van der Waals surface area contributed by atoms with Gasteiger partial charge in [0.25, 0.3) is 0 Å². The van der Waals surface area contributed by atoms with E-state index >= 15 is 0 Å². The molecule has 1 amide bonds. The predicted octanol–water partition coefficient (Wildman–Crippen LogP) is 5.32. The number of hydrogen-bond donors (Lipinski definition) is 1. The zero-order chi connectivity index (χ0) is 17.9. The molecule has 0 aliphatic rings. The highest BCUT2D eigenvalue weighted by molar-refractivity contribution is 7.20. The molecule has 3 heterocycles. The van der Waals surface area contributed by atoms with Crippen LogP contribution in [-0.2, 0) is 11.2 Å². The summed E-state index contributed by atoms with van der Waals surface area (Å²) in [5.74, 6) is -0.448. The van der Waals surface area contributed by atoms with E-state index in [1.165, 1.54) is 34.8 Å². The van der Waals surface area contributed by atoms with E-state index in [4.69, 9.17) is 0 Å². The first-order chi connectivity index (χ1) is 12.7. The minimum absolute atomic E-state index is 0.159. The Bertz CT molecular complexity index is 1020. The van der Waals surface area contributed by atoms with E-state index in [-0.39, 0.29) is 18.1 Å². The molecule has 3 aromatic heterocycles. The number of aromatic nitrogens is 2. The average molecular weight is 402 g/mol. The number of thiophene rings is 1. The number of hydrogen-bond acceptors (Lipinski definition) is 6. The molecule has 1 N–H and O–H groups in total. The zero-order valence-electron chi connectivity index (χ0n) is 13.3. The number of halogens is 1. The lowest BCUT2D eigenvalue weighted by molar-refractivity contribution is -0.115. The molecule has 4 rings (SSSR count). The molecular weight excluding hydrogens is 389 g/mol. The Morgan fingerprint density at radius 2 is 1.88 bits per heavy atom. The number of anilines is 1. The first kappa shape index (κ1) is 17.0. The van der Waals surface area contributed by atoms with Crippen LogP contribution in [-0.4, -0.2) is 15.9 Å². The molecule has 130 valence electrons. The van der Waals surface area contributed by atoms with Crippen molar-refractivity contribution in [3.63, 3.8) is 0 Å². The van der Waals surface area contributed by atoms with Gasteiger partial charge in [-0.3, -0.25) is 4.79 Å². The Morgan fingerprint density at radius 1 is 1.04 bits per heavy atom. The highest BCUT2D eigenvalue weighted by atomic mass is 32.1. The summed E-state index contributed by atoms with van der Waals surface area (Å²) in [6.45, 7) is 0. The van der Waals surface area contributed by atoms with Gasteiger partial charge in [0.1, 0.15) is 10.8 Å². The maximum absolute atomic E-state index is 13.0. The van der Waals surface area contributed by atoms with Crippen LogP contribution in [0, 0.1) is 5.82 Å². The lowest BCUT2D eigenvalue weighted by Crippen LogP contribution is -2.14. The number of carbonyl (C=O) groups is 1. The van der Waals surface area contributed by atoms with Crippen LogP contribution in [0.25, 0.3) is 21.1 Å². The highest BCUT2D eigenvalue weighted by Crippen LogP contribution is 2.28. The highest BCUT2D eigenvalue weighted by Gasteiger charge is 2.12. The quantitative estimate of drug-likeness (QED) is 0.493. The van der Waals surface area contributed by atoms with Gasteiger partial charge in [0.15, 0.2) is 5.13 Å². The number of amides is 1. The van der Waals surface area contributed by atoms with Gasteiger partial charge in [-0.15, -0.1) is 34.0 Å². The van der Waals surface area contributed by atoms with E-state index in [2.05, 4.69) is 15.3 Å². The largest absolute Gasteiger partial charge is 0.302 e. The standard InChI is InChI=1S/C18H12FN3OS3/c19-12-5-3-11(4-6-12)14-10-26-18(21-14)22-16(23)8-13-9-25-17(20-13)15-2-1-7-24-15/h1-7,9-10H,8H2,(H,21,22,23). The first-order valence-corrected chi connectivity index (χ1v) is 10.3. The van der Waals surface area contributed by atoms with Crippen LogP contribution in [0.5, 0.6) is 0 Å². The smallest absolute Gasteiger partial charge is 0.232 e. The predicted molar refractivity (Wildman–Crippen MR) is 105 cm³/mol. The fourth-order valence-electron chi connectivity index (χ4n) is 2.31. The van der Waals surface area contributed by atoms with Gasteiger partial charge < -0.3 is 5.32 Å². The molecule has 0 unspecified atom stereocenters. The molecule has 26 heavy (non-hydrogen) atoms. The monoisotopic (exact) mass is 401 g/mol. The lowest BCUT2D eigenvalue weighted by Gasteiger charge is -1.99. The van der Waals surface area contributed by atoms with Gasteiger partial charge in [-0.05, 0) is 35.7 Å². The second kappa shape index (κ2) is 7.45. The lowest BCUT2D eigenvalue weighted by atomic mass is 10.2. The molecule has 1 aromatic carbocycles. The maximum atomic E-state index is 13.0. The molecule has 0 radical (unpaired) electrons. The summed E-state index contributed by atoms with van der Waals surface area (Å²) >= 11 is 4.50. The number of thiazole rings is 2. The Labute approximate surface area is 161 Å². The topological polar surface area (TPSA) is 54.9 Å². The Balaban J connectivity index is 1.40. The summed E-state index contributed by atoms with van der Waals surface area (Å²) in [7, 11) is 0. The van der Waals surface area contributed by atoms with Crippen molar-refractivity contribution < 1.29 is 9.18 Å². The maximum Gasteiger partial charge on any atom is 0.232 e. The molecule has 0 spiro atoms. The average Bonchev–Trinajstić information content (AvgIpc) is 3.36.